The summed E-state index contributed by atoms with van der Waals surface area (Å²) >= 11 is 0. The van der Waals surface area contributed by atoms with Crippen molar-refractivity contribution in [3.63, 3.8) is 0 Å². The van der Waals surface area contributed by atoms with E-state index in [1.807, 2.05) is 13.8 Å². The first-order valence-electron chi connectivity index (χ1n) is 4.53. The van der Waals surface area contributed by atoms with Crippen LogP contribution in [-0.2, 0) is 9.59 Å². The van der Waals surface area contributed by atoms with Crippen molar-refractivity contribution in [2.45, 2.75) is 32.7 Å². The minimum atomic E-state index is -0.920. The summed E-state index contributed by atoms with van der Waals surface area (Å²) < 4.78 is 0. The van der Waals surface area contributed by atoms with Crippen molar-refractivity contribution >= 4 is 11.9 Å². The first-order valence-corrected chi connectivity index (χ1v) is 4.53. The summed E-state index contributed by atoms with van der Waals surface area (Å²) in [6.07, 6.45) is 1.14. The molecular formula is C9H15NO3. The third-order valence-corrected chi connectivity index (χ3v) is 2.28. The maximum absolute atomic E-state index is 11.0. The van der Waals surface area contributed by atoms with Gasteiger partial charge in [-0.1, -0.05) is 13.8 Å². The molecule has 0 radical (unpaired) electrons. The maximum atomic E-state index is 11.0. The van der Waals surface area contributed by atoms with Crippen LogP contribution in [0.3, 0.4) is 0 Å². The highest BCUT2D eigenvalue weighted by atomic mass is 16.4. The Morgan fingerprint density at radius 3 is 2.77 bits per heavy atom. The monoisotopic (exact) mass is 185 g/mol. The lowest BCUT2D eigenvalue weighted by molar-refractivity contribution is -0.141. The lowest BCUT2D eigenvalue weighted by Crippen LogP contribution is -2.37. The SMILES string of the molecule is CC(C)C[C@@H]1CC(=O)N[C@@H]1C(=O)O. The first-order chi connectivity index (χ1) is 6.00. The van der Waals surface area contributed by atoms with Crippen molar-refractivity contribution < 1.29 is 14.7 Å². The predicted octanol–water partition coefficient (Wildman–Crippen LogP) is 0.622. The van der Waals surface area contributed by atoms with Gasteiger partial charge in [0.05, 0.1) is 0 Å². The summed E-state index contributed by atoms with van der Waals surface area (Å²) in [6.45, 7) is 4.06. The van der Waals surface area contributed by atoms with Gasteiger partial charge in [-0.25, -0.2) is 4.79 Å². The molecule has 0 bridgehead atoms. The number of rotatable bonds is 3. The van der Waals surface area contributed by atoms with Crippen molar-refractivity contribution in [1.82, 2.24) is 5.32 Å². The Balaban J connectivity index is 2.60. The molecule has 4 nitrogen and oxygen atoms in total. The van der Waals surface area contributed by atoms with Gasteiger partial charge >= 0.3 is 5.97 Å². The second kappa shape index (κ2) is 3.77. The van der Waals surface area contributed by atoms with Crippen LogP contribution >= 0.6 is 0 Å². The molecule has 13 heavy (non-hydrogen) atoms. The van der Waals surface area contributed by atoms with E-state index in [-0.39, 0.29) is 11.8 Å². The molecule has 2 atom stereocenters. The van der Waals surface area contributed by atoms with Gasteiger partial charge in [0.25, 0.3) is 0 Å². The minimum Gasteiger partial charge on any atom is -0.480 e. The normalized spacial score (nSPS) is 27.8. The summed E-state index contributed by atoms with van der Waals surface area (Å²) in [5, 5.41) is 11.3. The predicted molar refractivity (Wildman–Crippen MR) is 47.1 cm³/mol. The highest BCUT2D eigenvalue weighted by Crippen LogP contribution is 2.24. The second-order valence-electron chi connectivity index (χ2n) is 3.98. The molecule has 1 rings (SSSR count). The molecule has 0 aliphatic carbocycles. The zero-order valence-electron chi connectivity index (χ0n) is 7.91. The van der Waals surface area contributed by atoms with Crippen LogP contribution < -0.4 is 5.32 Å². The molecule has 0 unspecified atom stereocenters. The number of carboxylic acids is 1. The van der Waals surface area contributed by atoms with Crippen molar-refractivity contribution in [1.29, 1.82) is 0 Å². The summed E-state index contributed by atoms with van der Waals surface area (Å²) in [7, 11) is 0. The summed E-state index contributed by atoms with van der Waals surface area (Å²) in [5.41, 5.74) is 0. The van der Waals surface area contributed by atoms with E-state index < -0.39 is 12.0 Å². The van der Waals surface area contributed by atoms with Crippen molar-refractivity contribution in [2.24, 2.45) is 11.8 Å². The molecule has 1 aliphatic heterocycles. The molecule has 0 saturated carbocycles. The Morgan fingerprint density at radius 1 is 1.69 bits per heavy atom. The maximum Gasteiger partial charge on any atom is 0.326 e. The van der Waals surface area contributed by atoms with E-state index in [1.165, 1.54) is 0 Å². The van der Waals surface area contributed by atoms with Gasteiger partial charge in [-0.05, 0) is 18.3 Å². The van der Waals surface area contributed by atoms with E-state index in [9.17, 15) is 9.59 Å². The standard InChI is InChI=1S/C9H15NO3/c1-5(2)3-6-4-7(11)10-8(6)9(12)13/h5-6,8H,3-4H2,1-2H3,(H,10,11)(H,12,13)/t6-,8+/m1/s1. The second-order valence-corrected chi connectivity index (χ2v) is 3.98. The van der Waals surface area contributed by atoms with Gasteiger partial charge in [-0.15, -0.1) is 0 Å². The third kappa shape index (κ3) is 2.44. The fourth-order valence-corrected chi connectivity index (χ4v) is 1.79. The van der Waals surface area contributed by atoms with Crippen LogP contribution in [0.15, 0.2) is 0 Å². The molecule has 0 aromatic carbocycles. The number of hydrogen-bond donors (Lipinski definition) is 2. The van der Waals surface area contributed by atoms with E-state index in [0.29, 0.717) is 12.3 Å². The van der Waals surface area contributed by atoms with Crippen molar-refractivity contribution in [2.75, 3.05) is 0 Å². The van der Waals surface area contributed by atoms with Crippen LogP contribution in [-0.4, -0.2) is 23.0 Å². The van der Waals surface area contributed by atoms with E-state index in [0.717, 1.165) is 6.42 Å². The van der Waals surface area contributed by atoms with Crippen molar-refractivity contribution in [3.05, 3.63) is 0 Å². The Kier molecular flexibility index (Phi) is 2.90. The van der Waals surface area contributed by atoms with E-state index in [2.05, 4.69) is 5.32 Å². The number of nitrogens with one attached hydrogen (secondary N) is 1. The van der Waals surface area contributed by atoms with Crippen LogP contribution in [0.1, 0.15) is 26.7 Å². The fourth-order valence-electron chi connectivity index (χ4n) is 1.79. The Labute approximate surface area is 77.3 Å². The third-order valence-electron chi connectivity index (χ3n) is 2.28. The number of amides is 1. The number of carboxylic acid groups (broad SMARTS) is 1. The molecule has 0 aromatic rings. The van der Waals surface area contributed by atoms with Gasteiger partial charge in [-0.3, -0.25) is 4.79 Å². The van der Waals surface area contributed by atoms with Gasteiger partial charge in [-0.2, -0.15) is 0 Å². The van der Waals surface area contributed by atoms with Gasteiger partial charge in [0.2, 0.25) is 5.91 Å². The molecule has 1 aliphatic rings. The Morgan fingerprint density at radius 2 is 2.31 bits per heavy atom. The molecule has 1 fully saturated rings. The summed E-state index contributed by atoms with van der Waals surface area (Å²) in [4.78, 5) is 21.7. The zero-order valence-corrected chi connectivity index (χ0v) is 7.91. The molecular weight excluding hydrogens is 170 g/mol. The number of hydrogen-bond acceptors (Lipinski definition) is 2. The van der Waals surface area contributed by atoms with E-state index >= 15 is 0 Å². The summed E-state index contributed by atoms with van der Waals surface area (Å²) in [6, 6.07) is -0.671. The molecule has 0 aromatic heterocycles. The molecule has 0 spiro atoms. The number of carbonyl (C=O) groups is 2. The smallest absolute Gasteiger partial charge is 0.326 e. The van der Waals surface area contributed by atoms with E-state index in [4.69, 9.17) is 5.11 Å². The first kappa shape index (κ1) is 10.0. The fraction of sp³-hybridized carbons (Fsp3) is 0.778. The van der Waals surface area contributed by atoms with Crippen LogP contribution in [0.2, 0.25) is 0 Å². The number of aliphatic carboxylic acids is 1. The highest BCUT2D eigenvalue weighted by Gasteiger charge is 2.37. The molecule has 2 N–H and O–H groups in total. The molecule has 1 saturated heterocycles. The van der Waals surface area contributed by atoms with Gasteiger partial charge in [0, 0.05) is 6.42 Å². The Bertz CT molecular complexity index is 225. The van der Waals surface area contributed by atoms with Gasteiger partial charge in [0.1, 0.15) is 6.04 Å². The van der Waals surface area contributed by atoms with Gasteiger partial charge in [0.15, 0.2) is 0 Å². The van der Waals surface area contributed by atoms with Crippen LogP contribution in [0.4, 0.5) is 0 Å². The summed E-state index contributed by atoms with van der Waals surface area (Å²) in [5.74, 6) is -0.667. The zero-order chi connectivity index (χ0) is 10.0. The lowest BCUT2D eigenvalue weighted by atomic mass is 9.91. The highest BCUT2D eigenvalue weighted by molar-refractivity contribution is 5.87. The van der Waals surface area contributed by atoms with Crippen LogP contribution in [0, 0.1) is 11.8 Å². The molecule has 74 valence electrons. The number of carbonyl (C=O) groups excluding carboxylic acids is 1. The largest absolute Gasteiger partial charge is 0.480 e. The van der Waals surface area contributed by atoms with Crippen LogP contribution in [0.25, 0.3) is 0 Å². The average Bonchev–Trinajstić information content (AvgIpc) is 2.29. The quantitative estimate of drug-likeness (QED) is 0.677. The van der Waals surface area contributed by atoms with E-state index in [1.54, 1.807) is 0 Å². The Hall–Kier alpha value is -1.06. The van der Waals surface area contributed by atoms with Gasteiger partial charge < -0.3 is 10.4 Å². The molecule has 1 heterocycles. The minimum absolute atomic E-state index is 0.0370. The molecule has 1 amide bonds. The van der Waals surface area contributed by atoms with Crippen molar-refractivity contribution in [3.8, 4) is 0 Å². The average molecular weight is 185 g/mol. The van der Waals surface area contributed by atoms with Crippen LogP contribution in [0.5, 0.6) is 0 Å². The topological polar surface area (TPSA) is 66.4 Å². The lowest BCUT2D eigenvalue weighted by Gasteiger charge is -2.16. The molecule has 4 heteroatoms.